The first kappa shape index (κ1) is 17.8. The van der Waals surface area contributed by atoms with Crippen molar-refractivity contribution in [3.8, 4) is 11.5 Å². The summed E-state index contributed by atoms with van der Waals surface area (Å²) in [6, 6.07) is 7.27. The van der Waals surface area contributed by atoms with Gasteiger partial charge in [0, 0.05) is 23.6 Å². The molecule has 0 atom stereocenters. The summed E-state index contributed by atoms with van der Waals surface area (Å²) >= 11 is 1.44. The minimum Gasteiger partial charge on any atom is -0.497 e. The standard InChI is InChI=1S/C17H20N2O4S/c1-22-14-4-3-12(15(9-14)23-2)5-7-18-16(20)10-19-17(21)13-6-8-24-11-13/h3-4,6,8-9,11H,5,7,10H2,1-2H3,(H,18,20)(H,19,21). The Hall–Kier alpha value is -2.54. The minimum atomic E-state index is -0.247. The third-order valence-corrected chi connectivity index (χ3v) is 4.09. The van der Waals surface area contributed by atoms with Crippen molar-refractivity contribution in [3.05, 3.63) is 46.2 Å². The average Bonchev–Trinajstić information content (AvgIpc) is 3.14. The molecule has 0 saturated carbocycles. The molecule has 2 N–H and O–H groups in total. The van der Waals surface area contributed by atoms with E-state index in [4.69, 9.17) is 9.47 Å². The van der Waals surface area contributed by atoms with Crippen molar-refractivity contribution in [3.63, 3.8) is 0 Å². The summed E-state index contributed by atoms with van der Waals surface area (Å²) in [7, 11) is 3.19. The Kier molecular flexibility index (Phi) is 6.62. The maximum absolute atomic E-state index is 11.8. The summed E-state index contributed by atoms with van der Waals surface area (Å²) in [4.78, 5) is 23.5. The summed E-state index contributed by atoms with van der Waals surface area (Å²) in [5.41, 5.74) is 1.54. The summed E-state index contributed by atoms with van der Waals surface area (Å²) in [5.74, 6) is 0.958. The lowest BCUT2D eigenvalue weighted by molar-refractivity contribution is -0.120. The Morgan fingerprint density at radius 2 is 1.96 bits per heavy atom. The fraction of sp³-hybridized carbons (Fsp3) is 0.294. The van der Waals surface area contributed by atoms with Crippen molar-refractivity contribution in [1.82, 2.24) is 10.6 Å². The molecule has 0 aliphatic rings. The molecule has 0 spiro atoms. The topological polar surface area (TPSA) is 76.7 Å². The lowest BCUT2D eigenvalue weighted by Crippen LogP contribution is -2.37. The molecule has 0 aliphatic heterocycles. The van der Waals surface area contributed by atoms with Gasteiger partial charge in [0.15, 0.2) is 0 Å². The Morgan fingerprint density at radius 1 is 1.12 bits per heavy atom. The van der Waals surface area contributed by atoms with Gasteiger partial charge < -0.3 is 20.1 Å². The maximum Gasteiger partial charge on any atom is 0.252 e. The zero-order valence-electron chi connectivity index (χ0n) is 13.6. The van der Waals surface area contributed by atoms with Crippen molar-refractivity contribution < 1.29 is 19.1 Å². The van der Waals surface area contributed by atoms with Crippen LogP contribution in [0.3, 0.4) is 0 Å². The molecule has 0 radical (unpaired) electrons. The number of amides is 2. The largest absolute Gasteiger partial charge is 0.497 e. The molecule has 0 aliphatic carbocycles. The number of hydrogen-bond donors (Lipinski definition) is 2. The van der Waals surface area contributed by atoms with Crippen molar-refractivity contribution >= 4 is 23.2 Å². The predicted molar refractivity (Wildman–Crippen MR) is 92.9 cm³/mol. The summed E-state index contributed by atoms with van der Waals surface area (Å²) in [6.07, 6.45) is 0.622. The number of benzene rings is 1. The van der Waals surface area contributed by atoms with E-state index >= 15 is 0 Å². The zero-order chi connectivity index (χ0) is 17.4. The van der Waals surface area contributed by atoms with Crippen molar-refractivity contribution in [1.29, 1.82) is 0 Å². The Morgan fingerprint density at radius 3 is 2.62 bits per heavy atom. The molecule has 2 aromatic rings. The van der Waals surface area contributed by atoms with Crippen LogP contribution < -0.4 is 20.1 Å². The second-order valence-corrected chi connectivity index (χ2v) is 5.75. The third kappa shape index (κ3) is 4.99. The number of carbonyl (C=O) groups is 2. The van der Waals surface area contributed by atoms with E-state index in [1.807, 2.05) is 17.5 Å². The van der Waals surface area contributed by atoms with Crippen LogP contribution in [0.1, 0.15) is 15.9 Å². The lowest BCUT2D eigenvalue weighted by atomic mass is 10.1. The van der Waals surface area contributed by atoms with Gasteiger partial charge in [0.25, 0.3) is 5.91 Å². The molecule has 1 aromatic heterocycles. The SMILES string of the molecule is COc1ccc(CCNC(=O)CNC(=O)c2ccsc2)c(OC)c1. The van der Waals surface area contributed by atoms with Gasteiger partial charge in [0.1, 0.15) is 11.5 Å². The van der Waals surface area contributed by atoms with Crippen LogP contribution in [0.4, 0.5) is 0 Å². The second kappa shape index (κ2) is 8.93. The number of carbonyl (C=O) groups excluding carboxylic acids is 2. The van der Waals surface area contributed by atoms with E-state index < -0.39 is 0 Å². The van der Waals surface area contributed by atoms with Crippen molar-refractivity contribution in [2.45, 2.75) is 6.42 Å². The summed E-state index contributed by atoms with van der Waals surface area (Å²) in [5, 5.41) is 8.92. The minimum absolute atomic E-state index is 0.0472. The van der Waals surface area contributed by atoms with Crippen LogP contribution in [0, 0.1) is 0 Å². The molecule has 1 aromatic carbocycles. The summed E-state index contributed by atoms with van der Waals surface area (Å²) < 4.78 is 10.5. The molecular weight excluding hydrogens is 328 g/mol. The van der Waals surface area contributed by atoms with Crippen LogP contribution >= 0.6 is 11.3 Å². The van der Waals surface area contributed by atoms with Gasteiger partial charge in [-0.05, 0) is 29.5 Å². The van der Waals surface area contributed by atoms with Crippen molar-refractivity contribution in [2.75, 3.05) is 27.3 Å². The highest BCUT2D eigenvalue weighted by Gasteiger charge is 2.09. The van der Waals surface area contributed by atoms with Gasteiger partial charge in [-0.25, -0.2) is 0 Å². The number of hydrogen-bond acceptors (Lipinski definition) is 5. The van der Waals surface area contributed by atoms with Crippen molar-refractivity contribution in [2.24, 2.45) is 0 Å². The molecule has 7 heteroatoms. The van der Waals surface area contributed by atoms with Gasteiger partial charge in [0.2, 0.25) is 5.91 Å². The highest BCUT2D eigenvalue weighted by atomic mass is 32.1. The van der Waals surface area contributed by atoms with E-state index in [0.29, 0.717) is 24.3 Å². The zero-order valence-corrected chi connectivity index (χ0v) is 14.4. The molecule has 24 heavy (non-hydrogen) atoms. The molecule has 0 bridgehead atoms. The van der Waals surface area contributed by atoms with Crippen LogP contribution in [0.2, 0.25) is 0 Å². The number of nitrogens with one attached hydrogen (secondary N) is 2. The number of thiophene rings is 1. The smallest absolute Gasteiger partial charge is 0.252 e. The molecule has 0 fully saturated rings. The van der Waals surface area contributed by atoms with Gasteiger partial charge in [0.05, 0.1) is 20.8 Å². The quantitative estimate of drug-likeness (QED) is 0.763. The van der Waals surface area contributed by atoms with E-state index in [9.17, 15) is 9.59 Å². The fourth-order valence-corrected chi connectivity index (χ4v) is 2.75. The molecule has 0 saturated heterocycles. The van der Waals surface area contributed by atoms with E-state index in [2.05, 4.69) is 10.6 Å². The van der Waals surface area contributed by atoms with Gasteiger partial charge in [-0.2, -0.15) is 11.3 Å². The Labute approximate surface area is 144 Å². The van der Waals surface area contributed by atoms with E-state index in [0.717, 1.165) is 11.3 Å². The van der Waals surface area contributed by atoms with Crippen LogP contribution in [-0.2, 0) is 11.2 Å². The number of rotatable bonds is 8. The lowest BCUT2D eigenvalue weighted by Gasteiger charge is -2.11. The monoisotopic (exact) mass is 348 g/mol. The first-order valence-corrected chi connectivity index (χ1v) is 8.36. The Balaban J connectivity index is 1.75. The number of methoxy groups -OCH3 is 2. The van der Waals surface area contributed by atoms with Gasteiger partial charge >= 0.3 is 0 Å². The normalized spacial score (nSPS) is 10.1. The number of ether oxygens (including phenoxy) is 2. The average molecular weight is 348 g/mol. The first-order chi connectivity index (χ1) is 11.6. The molecule has 0 unspecified atom stereocenters. The van der Waals surface area contributed by atoms with E-state index in [-0.39, 0.29) is 18.4 Å². The van der Waals surface area contributed by atoms with Gasteiger partial charge in [-0.3, -0.25) is 9.59 Å². The van der Waals surface area contributed by atoms with Crippen LogP contribution in [-0.4, -0.2) is 39.1 Å². The molecule has 128 valence electrons. The molecule has 1 heterocycles. The van der Waals surface area contributed by atoms with E-state index in [1.54, 1.807) is 31.7 Å². The van der Waals surface area contributed by atoms with Gasteiger partial charge in [-0.1, -0.05) is 6.07 Å². The highest BCUT2D eigenvalue weighted by Crippen LogP contribution is 2.24. The molecule has 2 amide bonds. The molecule has 2 rings (SSSR count). The first-order valence-electron chi connectivity index (χ1n) is 7.42. The predicted octanol–water partition coefficient (Wildman–Crippen LogP) is 1.85. The van der Waals surface area contributed by atoms with Crippen LogP contribution in [0.25, 0.3) is 0 Å². The fourth-order valence-electron chi connectivity index (χ4n) is 2.11. The molecular formula is C17H20N2O4S. The van der Waals surface area contributed by atoms with Gasteiger partial charge in [-0.15, -0.1) is 0 Å². The second-order valence-electron chi connectivity index (χ2n) is 4.97. The van der Waals surface area contributed by atoms with E-state index in [1.165, 1.54) is 11.3 Å². The Bertz CT molecular complexity index is 686. The highest BCUT2D eigenvalue weighted by molar-refractivity contribution is 7.08. The maximum atomic E-state index is 11.8. The van der Waals surface area contributed by atoms with Crippen LogP contribution in [0.15, 0.2) is 35.0 Å². The third-order valence-electron chi connectivity index (χ3n) is 3.40. The van der Waals surface area contributed by atoms with Crippen LogP contribution in [0.5, 0.6) is 11.5 Å². The summed E-state index contributed by atoms with van der Waals surface area (Å²) in [6.45, 7) is 0.407. The molecule has 6 nitrogen and oxygen atoms in total.